The largest absolute Gasteiger partial charge is 0.497 e. The molecule has 6 heteroatoms. The minimum Gasteiger partial charge on any atom is -0.497 e. The van der Waals surface area contributed by atoms with Gasteiger partial charge in [0, 0.05) is 22.2 Å². The first-order valence-electron chi connectivity index (χ1n) is 7.81. The Morgan fingerprint density at radius 1 is 1.33 bits per heavy atom. The normalized spacial score (nSPS) is 12.7. The maximum atomic E-state index is 12.1. The summed E-state index contributed by atoms with van der Waals surface area (Å²) < 4.78 is 5.17. The van der Waals surface area contributed by atoms with Crippen LogP contribution in [0.15, 0.2) is 29.6 Å². The van der Waals surface area contributed by atoms with E-state index in [0.29, 0.717) is 0 Å². The lowest BCUT2D eigenvalue weighted by Gasteiger charge is -2.22. The zero-order chi connectivity index (χ0) is 17.7. The molecule has 2 aromatic rings. The molecule has 0 saturated carbocycles. The van der Waals surface area contributed by atoms with Crippen molar-refractivity contribution >= 4 is 29.0 Å². The van der Waals surface area contributed by atoms with Crippen LogP contribution in [0.1, 0.15) is 33.4 Å². The summed E-state index contributed by atoms with van der Waals surface area (Å²) in [5.41, 5.74) is 1.88. The molecule has 1 heterocycles. The minimum atomic E-state index is -0.200. The van der Waals surface area contributed by atoms with E-state index in [1.807, 2.05) is 52.0 Å². The molecule has 2 rings (SSSR count). The van der Waals surface area contributed by atoms with Gasteiger partial charge in [0.1, 0.15) is 10.8 Å². The number of hydrogen-bond acceptors (Lipinski definition) is 5. The summed E-state index contributed by atoms with van der Waals surface area (Å²) >= 11 is 3.23. The number of nitrogens with zero attached hydrogens (tertiary/aromatic N) is 1. The van der Waals surface area contributed by atoms with Crippen molar-refractivity contribution in [2.75, 3.05) is 7.11 Å². The molecule has 0 radical (unpaired) electrons. The van der Waals surface area contributed by atoms with E-state index in [0.717, 1.165) is 27.8 Å². The van der Waals surface area contributed by atoms with Gasteiger partial charge in [0.25, 0.3) is 0 Å². The Kier molecular flexibility index (Phi) is 6.29. The number of methoxy groups -OCH3 is 1. The van der Waals surface area contributed by atoms with Gasteiger partial charge in [-0.1, -0.05) is 0 Å². The second-order valence-corrected chi connectivity index (χ2v) is 8.75. The molecule has 0 aliphatic rings. The first-order chi connectivity index (χ1) is 11.3. The van der Waals surface area contributed by atoms with Gasteiger partial charge in [-0.25, -0.2) is 4.98 Å². The molecule has 0 fully saturated rings. The Bertz CT molecular complexity index is 675. The molecule has 1 aromatic heterocycles. The fourth-order valence-electron chi connectivity index (χ4n) is 2.00. The molecule has 24 heavy (non-hydrogen) atoms. The van der Waals surface area contributed by atoms with Crippen LogP contribution in [-0.2, 0) is 10.5 Å². The predicted molar refractivity (Wildman–Crippen MR) is 103 cm³/mol. The maximum absolute atomic E-state index is 12.1. The van der Waals surface area contributed by atoms with Crippen LogP contribution in [0.2, 0.25) is 0 Å². The molecule has 1 amide bonds. The van der Waals surface area contributed by atoms with Crippen LogP contribution in [-0.4, -0.2) is 28.8 Å². The van der Waals surface area contributed by atoms with Crippen molar-refractivity contribution in [3.8, 4) is 16.3 Å². The molecular formula is C18H24N2O2S2. The number of aromatic nitrogens is 1. The number of benzene rings is 1. The highest BCUT2D eigenvalue weighted by atomic mass is 32.2. The fourth-order valence-corrected chi connectivity index (χ4v) is 3.71. The smallest absolute Gasteiger partial charge is 0.233 e. The predicted octanol–water partition coefficient (Wildman–Crippen LogP) is 4.36. The lowest BCUT2D eigenvalue weighted by Crippen LogP contribution is -2.44. The average molecular weight is 365 g/mol. The molecular weight excluding hydrogens is 340 g/mol. The highest BCUT2D eigenvalue weighted by Gasteiger charge is 2.19. The number of carbonyl (C=O) groups excluding carboxylic acids is 1. The Morgan fingerprint density at radius 2 is 2.00 bits per heavy atom. The molecule has 1 atom stereocenters. The Hall–Kier alpha value is -1.53. The van der Waals surface area contributed by atoms with Crippen LogP contribution >= 0.6 is 23.1 Å². The van der Waals surface area contributed by atoms with Crippen molar-refractivity contribution in [1.82, 2.24) is 10.3 Å². The van der Waals surface area contributed by atoms with E-state index in [9.17, 15) is 4.79 Å². The average Bonchev–Trinajstić information content (AvgIpc) is 3.00. The molecule has 0 spiro atoms. The number of thioether (sulfide) groups is 1. The van der Waals surface area contributed by atoms with Gasteiger partial charge in [0.2, 0.25) is 5.91 Å². The van der Waals surface area contributed by atoms with Crippen molar-refractivity contribution < 1.29 is 9.53 Å². The summed E-state index contributed by atoms with van der Waals surface area (Å²) in [7, 11) is 1.66. The van der Waals surface area contributed by atoms with E-state index in [1.165, 1.54) is 0 Å². The third-order valence-corrected chi connectivity index (χ3v) is 5.35. The second kappa shape index (κ2) is 8.03. The number of nitrogens with one attached hydrogen (secondary N) is 1. The van der Waals surface area contributed by atoms with Gasteiger partial charge in [-0.2, -0.15) is 0 Å². The number of hydrogen-bond donors (Lipinski definition) is 1. The van der Waals surface area contributed by atoms with Crippen LogP contribution < -0.4 is 10.1 Å². The quantitative estimate of drug-likeness (QED) is 0.828. The zero-order valence-electron chi connectivity index (χ0n) is 14.8. The monoisotopic (exact) mass is 364 g/mol. The van der Waals surface area contributed by atoms with Gasteiger partial charge in [-0.05, 0) is 52.0 Å². The standard InChI is InChI=1S/C18H24N2O2S2/c1-12(16(21)20-18(2,3)4)23-10-14-11-24-17(19-14)13-6-8-15(22-5)9-7-13/h6-9,11-12H,10H2,1-5H3,(H,20,21)/t12-/m1/s1. The molecule has 0 bridgehead atoms. The van der Waals surface area contributed by atoms with E-state index in [1.54, 1.807) is 30.2 Å². The Labute approximate surface area is 152 Å². The van der Waals surface area contributed by atoms with E-state index < -0.39 is 0 Å². The van der Waals surface area contributed by atoms with Gasteiger partial charge in [0.05, 0.1) is 18.1 Å². The van der Waals surface area contributed by atoms with Crippen LogP contribution in [0.4, 0.5) is 0 Å². The molecule has 0 aliphatic heterocycles. The van der Waals surface area contributed by atoms with Crippen LogP contribution in [0.3, 0.4) is 0 Å². The summed E-state index contributed by atoms with van der Waals surface area (Å²) in [6.45, 7) is 7.90. The van der Waals surface area contributed by atoms with Crippen LogP contribution in [0, 0.1) is 0 Å². The first-order valence-corrected chi connectivity index (χ1v) is 9.74. The number of amides is 1. The maximum Gasteiger partial charge on any atom is 0.233 e. The number of carbonyl (C=O) groups is 1. The van der Waals surface area contributed by atoms with Crippen molar-refractivity contribution in [3.63, 3.8) is 0 Å². The highest BCUT2D eigenvalue weighted by Crippen LogP contribution is 2.28. The van der Waals surface area contributed by atoms with Gasteiger partial charge >= 0.3 is 0 Å². The minimum absolute atomic E-state index is 0.0677. The molecule has 0 aliphatic carbocycles. The zero-order valence-corrected chi connectivity index (χ0v) is 16.4. The summed E-state index contributed by atoms with van der Waals surface area (Å²) in [6, 6.07) is 7.89. The highest BCUT2D eigenvalue weighted by molar-refractivity contribution is 7.99. The molecule has 4 nitrogen and oxygen atoms in total. The molecule has 0 unspecified atom stereocenters. The van der Waals surface area contributed by atoms with Crippen molar-refractivity contribution in [1.29, 1.82) is 0 Å². The molecule has 130 valence electrons. The van der Waals surface area contributed by atoms with Crippen LogP contribution in [0.5, 0.6) is 5.75 Å². The van der Waals surface area contributed by atoms with Gasteiger partial charge in [0.15, 0.2) is 0 Å². The number of thiazole rings is 1. The SMILES string of the molecule is COc1ccc(-c2nc(CS[C@H](C)C(=O)NC(C)(C)C)cs2)cc1. The van der Waals surface area contributed by atoms with Crippen molar-refractivity contribution in [2.45, 2.75) is 44.2 Å². The molecule has 1 N–H and O–H groups in total. The Morgan fingerprint density at radius 3 is 2.58 bits per heavy atom. The third-order valence-electron chi connectivity index (χ3n) is 3.24. The van der Waals surface area contributed by atoms with Crippen molar-refractivity contribution in [2.24, 2.45) is 0 Å². The lowest BCUT2D eigenvalue weighted by molar-refractivity contribution is -0.121. The van der Waals surface area contributed by atoms with E-state index in [-0.39, 0.29) is 16.7 Å². The summed E-state index contributed by atoms with van der Waals surface area (Å²) in [5, 5.41) is 5.95. The summed E-state index contributed by atoms with van der Waals surface area (Å²) in [5.74, 6) is 1.63. The van der Waals surface area contributed by atoms with Gasteiger partial charge in [-0.15, -0.1) is 23.1 Å². The molecule has 1 aromatic carbocycles. The Balaban J connectivity index is 1.92. The van der Waals surface area contributed by atoms with Crippen molar-refractivity contribution in [3.05, 3.63) is 35.3 Å². The fraction of sp³-hybridized carbons (Fsp3) is 0.444. The first kappa shape index (κ1) is 18.8. The number of rotatable bonds is 6. The number of ether oxygens (including phenoxy) is 1. The lowest BCUT2D eigenvalue weighted by atomic mass is 10.1. The van der Waals surface area contributed by atoms with Gasteiger partial charge < -0.3 is 10.1 Å². The summed E-state index contributed by atoms with van der Waals surface area (Å²) in [4.78, 5) is 16.8. The van der Waals surface area contributed by atoms with E-state index in [4.69, 9.17) is 4.74 Å². The van der Waals surface area contributed by atoms with E-state index in [2.05, 4.69) is 15.7 Å². The molecule has 0 saturated heterocycles. The second-order valence-electron chi connectivity index (χ2n) is 6.56. The van der Waals surface area contributed by atoms with Crippen LogP contribution in [0.25, 0.3) is 10.6 Å². The summed E-state index contributed by atoms with van der Waals surface area (Å²) in [6.07, 6.45) is 0. The van der Waals surface area contributed by atoms with E-state index >= 15 is 0 Å². The third kappa shape index (κ3) is 5.53. The topological polar surface area (TPSA) is 51.2 Å². The van der Waals surface area contributed by atoms with Gasteiger partial charge in [-0.3, -0.25) is 4.79 Å².